The minimum absolute atomic E-state index is 0.301. The van der Waals surface area contributed by atoms with Crippen LogP contribution < -0.4 is 10.1 Å². The second-order valence-electron chi connectivity index (χ2n) is 6.09. The molecule has 2 atom stereocenters. The van der Waals surface area contributed by atoms with Gasteiger partial charge in [0.05, 0.1) is 19.3 Å². The van der Waals surface area contributed by atoms with Gasteiger partial charge in [0.1, 0.15) is 5.75 Å². The average Bonchev–Trinajstić information content (AvgIpc) is 2.95. The summed E-state index contributed by atoms with van der Waals surface area (Å²) in [6.07, 6.45) is 2.42. The van der Waals surface area contributed by atoms with Gasteiger partial charge < -0.3 is 19.7 Å². The van der Waals surface area contributed by atoms with Crippen LogP contribution >= 0.6 is 0 Å². The minimum atomic E-state index is 0.301. The number of fused-ring (bicyclic) bond motifs is 1. The predicted molar refractivity (Wildman–Crippen MR) is 83.9 cm³/mol. The molecule has 0 saturated carbocycles. The minimum Gasteiger partial charge on any atom is -0.493 e. The van der Waals surface area contributed by atoms with E-state index in [9.17, 15) is 0 Å². The van der Waals surface area contributed by atoms with Gasteiger partial charge >= 0.3 is 0 Å². The van der Waals surface area contributed by atoms with Crippen molar-refractivity contribution < 1.29 is 9.47 Å². The van der Waals surface area contributed by atoms with Gasteiger partial charge in [-0.15, -0.1) is 0 Å². The average molecular weight is 290 g/mol. The number of likely N-dealkylation sites (N-methyl/N-ethyl adjacent to an activating group) is 1. The van der Waals surface area contributed by atoms with Crippen LogP contribution in [0.2, 0.25) is 0 Å². The molecule has 1 saturated heterocycles. The Morgan fingerprint density at radius 3 is 3.10 bits per heavy atom. The van der Waals surface area contributed by atoms with Crippen LogP contribution in [0.5, 0.6) is 5.75 Å². The van der Waals surface area contributed by atoms with Crippen LogP contribution in [0.3, 0.4) is 0 Å². The molecular weight excluding hydrogens is 264 g/mol. The van der Waals surface area contributed by atoms with Crippen LogP contribution in [0.1, 0.15) is 30.5 Å². The normalized spacial score (nSPS) is 23.6. The van der Waals surface area contributed by atoms with Gasteiger partial charge in [0.2, 0.25) is 0 Å². The van der Waals surface area contributed by atoms with Gasteiger partial charge in [-0.3, -0.25) is 0 Å². The molecule has 3 rings (SSSR count). The van der Waals surface area contributed by atoms with E-state index in [0.717, 1.165) is 51.4 Å². The molecule has 0 radical (unpaired) electrons. The van der Waals surface area contributed by atoms with Crippen molar-refractivity contribution in [2.45, 2.75) is 31.9 Å². The van der Waals surface area contributed by atoms with Crippen LogP contribution in [-0.4, -0.2) is 50.9 Å². The Kier molecular flexibility index (Phi) is 4.78. The molecular formula is C17H26N2O2. The number of rotatable bonds is 5. The molecule has 0 spiro atoms. The molecule has 0 amide bonds. The van der Waals surface area contributed by atoms with Crippen LogP contribution in [0.15, 0.2) is 18.2 Å². The number of morpholine rings is 1. The van der Waals surface area contributed by atoms with E-state index >= 15 is 0 Å². The molecule has 2 aliphatic heterocycles. The summed E-state index contributed by atoms with van der Waals surface area (Å²) in [6.45, 7) is 6.87. The molecule has 1 N–H and O–H groups in total. The zero-order chi connectivity index (χ0) is 14.7. The molecule has 116 valence electrons. The highest BCUT2D eigenvalue weighted by molar-refractivity contribution is 5.40. The van der Waals surface area contributed by atoms with Crippen molar-refractivity contribution in [2.24, 2.45) is 0 Å². The fraction of sp³-hybridized carbons (Fsp3) is 0.647. The van der Waals surface area contributed by atoms with Crippen molar-refractivity contribution in [3.05, 3.63) is 29.3 Å². The van der Waals surface area contributed by atoms with Crippen molar-refractivity contribution in [2.75, 3.05) is 39.9 Å². The van der Waals surface area contributed by atoms with E-state index in [2.05, 4.69) is 42.4 Å². The SMILES string of the molecule is CCC(NCC1CN(C)CCO1)c1ccc2c(c1)CCO2. The maximum atomic E-state index is 5.83. The molecule has 0 bridgehead atoms. The first kappa shape index (κ1) is 14.8. The quantitative estimate of drug-likeness (QED) is 0.899. The van der Waals surface area contributed by atoms with E-state index in [4.69, 9.17) is 9.47 Å². The smallest absolute Gasteiger partial charge is 0.122 e. The van der Waals surface area contributed by atoms with Gasteiger partial charge in [0.15, 0.2) is 0 Å². The van der Waals surface area contributed by atoms with Gasteiger partial charge in [-0.2, -0.15) is 0 Å². The lowest BCUT2D eigenvalue weighted by molar-refractivity contribution is -0.0193. The zero-order valence-corrected chi connectivity index (χ0v) is 13.1. The van der Waals surface area contributed by atoms with Crippen molar-refractivity contribution in [3.63, 3.8) is 0 Å². The molecule has 2 unspecified atom stereocenters. The summed E-state index contributed by atoms with van der Waals surface area (Å²) in [6, 6.07) is 7.01. The number of benzene rings is 1. The molecule has 1 fully saturated rings. The Bertz CT molecular complexity index is 478. The summed E-state index contributed by atoms with van der Waals surface area (Å²) in [5.74, 6) is 1.06. The lowest BCUT2D eigenvalue weighted by Crippen LogP contribution is -2.45. The Morgan fingerprint density at radius 1 is 1.38 bits per heavy atom. The Morgan fingerprint density at radius 2 is 2.29 bits per heavy atom. The summed E-state index contributed by atoms with van der Waals surface area (Å²) in [7, 11) is 2.16. The maximum Gasteiger partial charge on any atom is 0.122 e. The second-order valence-corrected chi connectivity index (χ2v) is 6.09. The molecule has 1 aromatic rings. The fourth-order valence-corrected chi connectivity index (χ4v) is 3.19. The van der Waals surface area contributed by atoms with E-state index in [0.29, 0.717) is 12.1 Å². The number of nitrogens with zero attached hydrogens (tertiary/aromatic N) is 1. The Labute approximate surface area is 127 Å². The van der Waals surface area contributed by atoms with Gasteiger partial charge in [-0.05, 0) is 30.7 Å². The van der Waals surface area contributed by atoms with Gasteiger partial charge in [0, 0.05) is 32.1 Å². The topological polar surface area (TPSA) is 33.7 Å². The monoisotopic (exact) mass is 290 g/mol. The Balaban J connectivity index is 1.59. The van der Waals surface area contributed by atoms with Crippen molar-refractivity contribution in [1.29, 1.82) is 0 Å². The summed E-state index contributed by atoms with van der Waals surface area (Å²) in [4.78, 5) is 2.34. The van der Waals surface area contributed by atoms with Crippen LogP contribution in [-0.2, 0) is 11.2 Å². The second kappa shape index (κ2) is 6.77. The van der Waals surface area contributed by atoms with E-state index < -0.39 is 0 Å². The third kappa shape index (κ3) is 3.57. The summed E-state index contributed by atoms with van der Waals surface area (Å²) >= 11 is 0. The highest BCUT2D eigenvalue weighted by Gasteiger charge is 2.20. The lowest BCUT2D eigenvalue weighted by Gasteiger charge is -2.31. The van der Waals surface area contributed by atoms with E-state index in [1.54, 1.807) is 0 Å². The van der Waals surface area contributed by atoms with Crippen molar-refractivity contribution in [1.82, 2.24) is 10.2 Å². The van der Waals surface area contributed by atoms with Crippen molar-refractivity contribution >= 4 is 0 Å². The van der Waals surface area contributed by atoms with Crippen molar-refractivity contribution in [3.8, 4) is 5.75 Å². The first-order valence-electron chi connectivity index (χ1n) is 8.05. The third-order valence-electron chi connectivity index (χ3n) is 4.46. The highest BCUT2D eigenvalue weighted by Crippen LogP contribution is 2.29. The van der Waals surface area contributed by atoms with E-state index in [1.165, 1.54) is 11.1 Å². The standard InChI is InChI=1S/C17H26N2O2/c1-3-16(18-11-15-12-19(2)7-9-20-15)13-4-5-17-14(10-13)6-8-21-17/h4-5,10,15-16,18H,3,6-9,11-12H2,1-2H3. The molecule has 1 aromatic carbocycles. The molecule has 0 aromatic heterocycles. The molecule has 0 aliphatic carbocycles. The van der Waals surface area contributed by atoms with Gasteiger partial charge in [-0.25, -0.2) is 0 Å². The largest absolute Gasteiger partial charge is 0.493 e. The highest BCUT2D eigenvalue weighted by atomic mass is 16.5. The van der Waals surface area contributed by atoms with Gasteiger partial charge in [-0.1, -0.05) is 19.1 Å². The summed E-state index contributed by atoms with van der Waals surface area (Å²) in [5.41, 5.74) is 2.72. The predicted octanol–water partition coefficient (Wildman–Crippen LogP) is 1.99. The van der Waals surface area contributed by atoms with Crippen LogP contribution in [0.25, 0.3) is 0 Å². The zero-order valence-electron chi connectivity index (χ0n) is 13.1. The maximum absolute atomic E-state index is 5.83. The molecule has 2 heterocycles. The number of ether oxygens (including phenoxy) is 2. The molecule has 4 nitrogen and oxygen atoms in total. The number of hydrogen-bond acceptors (Lipinski definition) is 4. The third-order valence-corrected chi connectivity index (χ3v) is 4.46. The molecule has 4 heteroatoms. The Hall–Kier alpha value is -1.10. The van der Waals surface area contributed by atoms with Gasteiger partial charge in [0.25, 0.3) is 0 Å². The number of hydrogen-bond donors (Lipinski definition) is 1. The molecule has 21 heavy (non-hydrogen) atoms. The van der Waals surface area contributed by atoms with E-state index in [-0.39, 0.29) is 0 Å². The first-order valence-corrected chi connectivity index (χ1v) is 8.05. The molecule has 2 aliphatic rings. The fourth-order valence-electron chi connectivity index (χ4n) is 3.19. The van der Waals surface area contributed by atoms with Crippen LogP contribution in [0, 0.1) is 0 Å². The van der Waals surface area contributed by atoms with Crippen LogP contribution in [0.4, 0.5) is 0 Å². The summed E-state index contributed by atoms with van der Waals surface area (Å²) in [5, 5.41) is 3.67. The van der Waals surface area contributed by atoms with E-state index in [1.807, 2.05) is 0 Å². The first-order chi connectivity index (χ1) is 10.3. The summed E-state index contributed by atoms with van der Waals surface area (Å²) < 4.78 is 11.4. The number of nitrogens with one attached hydrogen (secondary N) is 1. The lowest BCUT2D eigenvalue weighted by atomic mass is 10.0.